The summed E-state index contributed by atoms with van der Waals surface area (Å²) in [4.78, 5) is 52.0. The summed E-state index contributed by atoms with van der Waals surface area (Å²) in [5.41, 5.74) is -1.35. The quantitative estimate of drug-likeness (QED) is 0.350. The Labute approximate surface area is 238 Å². The van der Waals surface area contributed by atoms with Crippen LogP contribution in [0.25, 0.3) is 0 Å². The maximum absolute atomic E-state index is 15.1. The van der Waals surface area contributed by atoms with Crippen LogP contribution in [0.3, 0.4) is 0 Å². The maximum atomic E-state index is 15.1. The zero-order valence-electron chi connectivity index (χ0n) is 23.4. The van der Waals surface area contributed by atoms with Crippen molar-refractivity contribution in [2.45, 2.75) is 89.1 Å². The molecular weight excluding hydrogens is 598 g/mol. The molecule has 42 heavy (non-hydrogen) atoms. The fourth-order valence-electron chi connectivity index (χ4n) is 5.73. The van der Waals surface area contributed by atoms with Crippen LogP contribution < -0.4 is 16.0 Å². The molecular formula is C25H34F6N4O6S. The van der Waals surface area contributed by atoms with Crippen LogP contribution in [-0.2, 0) is 29.0 Å². The molecule has 4 amide bonds. The predicted octanol–water partition coefficient (Wildman–Crippen LogP) is 1.96. The standard InChI is InChI=1S/C25H34F6N4O6S/c1-23(2,3)18(34-22(39)25(29,30)31)21(38)35-14-5-6-15(24(27,28)11-14)17(35)20(37)33-13(10-16(26)42(4,40)41)9-12-7-8-32-19(12)36/h10,12-15,17-18H,5-9,11H2,1-4H3,(H,32,36)(H,33,37)(H,34,39)/b16-10+/t12-,13-,14-,15-,17+,18+/m1/s1. The Kier molecular flexibility index (Phi) is 9.36. The minimum Gasteiger partial charge on any atom is -0.356 e. The molecule has 238 valence electrons. The average molecular weight is 633 g/mol. The van der Waals surface area contributed by atoms with Gasteiger partial charge in [0.05, 0.1) is 12.0 Å². The lowest BCUT2D eigenvalue weighted by atomic mass is 9.70. The smallest absolute Gasteiger partial charge is 0.356 e. The minimum absolute atomic E-state index is 0.00808. The molecule has 0 aromatic carbocycles. The van der Waals surface area contributed by atoms with Crippen LogP contribution in [0.5, 0.6) is 0 Å². The number of piperidine rings is 2. The second-order valence-electron chi connectivity index (χ2n) is 12.1. The van der Waals surface area contributed by atoms with Gasteiger partial charge in [-0.3, -0.25) is 19.2 Å². The van der Waals surface area contributed by atoms with Crippen molar-refractivity contribution in [3.05, 3.63) is 11.2 Å². The largest absolute Gasteiger partial charge is 0.471 e. The van der Waals surface area contributed by atoms with Crippen LogP contribution in [0.4, 0.5) is 26.3 Å². The van der Waals surface area contributed by atoms with Gasteiger partial charge in [-0.05, 0) is 37.2 Å². The summed E-state index contributed by atoms with van der Waals surface area (Å²) in [6.07, 6.45) is -5.38. The Morgan fingerprint density at radius 2 is 1.74 bits per heavy atom. The number of halogens is 6. The van der Waals surface area contributed by atoms with Crippen molar-refractivity contribution in [3.8, 4) is 0 Å². The Balaban J connectivity index is 2.00. The molecule has 4 rings (SSSR count). The van der Waals surface area contributed by atoms with E-state index in [1.165, 1.54) is 20.8 Å². The number of nitrogens with zero attached hydrogens (tertiary/aromatic N) is 1. The number of amides is 4. The number of hydrogen-bond donors (Lipinski definition) is 3. The van der Waals surface area contributed by atoms with Crippen LogP contribution in [0.15, 0.2) is 11.2 Å². The highest BCUT2D eigenvalue weighted by atomic mass is 32.2. The van der Waals surface area contributed by atoms with Gasteiger partial charge in [0.15, 0.2) is 0 Å². The minimum atomic E-state index is -5.36. The van der Waals surface area contributed by atoms with Gasteiger partial charge in [0.1, 0.15) is 12.1 Å². The first-order valence-electron chi connectivity index (χ1n) is 13.3. The zero-order chi connectivity index (χ0) is 32.0. The van der Waals surface area contributed by atoms with E-state index in [9.17, 15) is 45.2 Å². The van der Waals surface area contributed by atoms with E-state index < -0.39 is 98.6 Å². The Bertz CT molecular complexity index is 1250. The van der Waals surface area contributed by atoms with Gasteiger partial charge in [0, 0.05) is 31.2 Å². The lowest BCUT2D eigenvalue weighted by molar-refractivity contribution is -0.197. The fraction of sp³-hybridized carbons (Fsp3) is 0.760. The summed E-state index contributed by atoms with van der Waals surface area (Å²) in [5, 5.41) is 4.81. The third kappa shape index (κ3) is 7.37. The van der Waals surface area contributed by atoms with Crippen LogP contribution in [0.1, 0.15) is 52.9 Å². The van der Waals surface area contributed by atoms with Crippen LogP contribution in [0, 0.1) is 17.3 Å². The molecule has 10 nitrogen and oxygen atoms in total. The van der Waals surface area contributed by atoms with E-state index in [0.29, 0.717) is 12.3 Å². The van der Waals surface area contributed by atoms with Crippen molar-refractivity contribution in [1.29, 1.82) is 0 Å². The van der Waals surface area contributed by atoms with E-state index in [2.05, 4.69) is 10.6 Å². The number of nitrogens with one attached hydrogen (secondary N) is 3. The SMILES string of the molecule is CC(C)(C)[C@@H](NC(=O)C(F)(F)F)C(=O)N1[C@@H]2CC[C@H]([C@H]1C(=O)N[C@@H](/C=C(\F)S(C)(=O)=O)C[C@H]1CCNC1=O)C(F)(F)C2. The van der Waals surface area contributed by atoms with E-state index in [1.54, 1.807) is 5.32 Å². The van der Waals surface area contributed by atoms with Crippen molar-refractivity contribution in [2.75, 3.05) is 12.8 Å². The first-order valence-corrected chi connectivity index (χ1v) is 15.2. The molecule has 0 radical (unpaired) electrons. The van der Waals surface area contributed by atoms with E-state index in [4.69, 9.17) is 0 Å². The first-order chi connectivity index (χ1) is 19.0. The van der Waals surface area contributed by atoms with Crippen LogP contribution >= 0.6 is 0 Å². The molecule has 4 aliphatic rings. The van der Waals surface area contributed by atoms with E-state index in [-0.39, 0.29) is 32.2 Å². The summed E-state index contributed by atoms with van der Waals surface area (Å²) in [6, 6.07) is -6.56. The lowest BCUT2D eigenvalue weighted by Gasteiger charge is -2.55. The molecule has 17 heteroatoms. The van der Waals surface area contributed by atoms with Crippen LogP contribution in [0.2, 0.25) is 0 Å². The van der Waals surface area contributed by atoms with Gasteiger partial charge in [0.25, 0.3) is 5.92 Å². The number of fused-ring (bicyclic) bond motifs is 3. The molecule has 6 atom stereocenters. The molecule has 3 saturated heterocycles. The predicted molar refractivity (Wildman–Crippen MR) is 136 cm³/mol. The van der Waals surface area contributed by atoms with Crippen molar-refractivity contribution in [2.24, 2.45) is 17.3 Å². The number of sulfone groups is 1. The maximum Gasteiger partial charge on any atom is 0.471 e. The summed E-state index contributed by atoms with van der Waals surface area (Å²) >= 11 is 0. The molecule has 3 N–H and O–H groups in total. The van der Waals surface area contributed by atoms with Gasteiger partial charge in [-0.2, -0.15) is 17.6 Å². The number of carbonyl (C=O) groups is 4. The zero-order valence-corrected chi connectivity index (χ0v) is 24.2. The number of hydrogen-bond acceptors (Lipinski definition) is 6. The van der Waals surface area contributed by atoms with Gasteiger partial charge in [-0.15, -0.1) is 0 Å². The van der Waals surface area contributed by atoms with E-state index in [0.717, 1.165) is 4.90 Å². The second kappa shape index (κ2) is 11.7. The molecule has 0 aromatic heterocycles. The topological polar surface area (TPSA) is 142 Å². The van der Waals surface area contributed by atoms with Crippen molar-refractivity contribution >= 4 is 33.5 Å². The molecule has 4 fully saturated rings. The van der Waals surface area contributed by atoms with Gasteiger partial charge in [-0.1, -0.05) is 20.8 Å². The fourth-order valence-corrected chi connectivity index (χ4v) is 6.14. The highest BCUT2D eigenvalue weighted by molar-refractivity contribution is 7.94. The average Bonchev–Trinajstić information content (AvgIpc) is 3.22. The molecule has 1 aliphatic carbocycles. The van der Waals surface area contributed by atoms with Gasteiger partial charge >= 0.3 is 12.1 Å². The van der Waals surface area contributed by atoms with Crippen molar-refractivity contribution in [1.82, 2.24) is 20.9 Å². The molecule has 0 aromatic rings. The van der Waals surface area contributed by atoms with Gasteiger partial charge < -0.3 is 20.9 Å². The molecule has 3 heterocycles. The Hall–Kier alpha value is -2.85. The molecule has 2 bridgehead atoms. The lowest BCUT2D eigenvalue weighted by Crippen LogP contribution is -2.71. The number of alkyl halides is 5. The molecule has 0 unspecified atom stereocenters. The third-order valence-corrected chi connectivity index (χ3v) is 8.66. The Morgan fingerprint density at radius 3 is 2.21 bits per heavy atom. The molecule has 0 spiro atoms. The Morgan fingerprint density at radius 1 is 1.12 bits per heavy atom. The number of rotatable bonds is 8. The molecule has 3 aliphatic heterocycles. The summed E-state index contributed by atoms with van der Waals surface area (Å²) in [7, 11) is -4.38. The summed E-state index contributed by atoms with van der Waals surface area (Å²) in [5.74, 6) is -11.3. The second-order valence-corrected chi connectivity index (χ2v) is 14.1. The van der Waals surface area contributed by atoms with Crippen molar-refractivity contribution in [3.63, 3.8) is 0 Å². The van der Waals surface area contributed by atoms with Crippen molar-refractivity contribution < 1.29 is 53.9 Å². The van der Waals surface area contributed by atoms with E-state index >= 15 is 8.78 Å². The number of carbonyl (C=O) groups excluding carboxylic acids is 4. The van der Waals surface area contributed by atoms with E-state index in [1.807, 2.05) is 0 Å². The van der Waals surface area contributed by atoms with Gasteiger partial charge in [0.2, 0.25) is 32.7 Å². The first kappa shape index (κ1) is 33.6. The third-order valence-electron chi connectivity index (χ3n) is 7.82. The summed E-state index contributed by atoms with van der Waals surface area (Å²) in [6.45, 7) is 4.31. The summed E-state index contributed by atoms with van der Waals surface area (Å²) < 4.78 is 107. The van der Waals surface area contributed by atoms with Crippen LogP contribution in [-0.4, -0.2) is 86.0 Å². The normalized spacial score (nSPS) is 27.7. The molecule has 1 saturated carbocycles. The highest BCUT2D eigenvalue weighted by Gasteiger charge is 2.61. The highest BCUT2D eigenvalue weighted by Crippen LogP contribution is 2.49. The monoisotopic (exact) mass is 632 g/mol. The van der Waals surface area contributed by atoms with Gasteiger partial charge in [-0.25, -0.2) is 17.2 Å².